The maximum Gasteiger partial charge on any atom is 0.240 e. The molecule has 0 bridgehead atoms. The van der Waals surface area contributed by atoms with Gasteiger partial charge in [-0.15, -0.1) is 0 Å². The summed E-state index contributed by atoms with van der Waals surface area (Å²) in [6, 6.07) is 6.28. The molecule has 2 heterocycles. The van der Waals surface area contributed by atoms with Crippen LogP contribution in [-0.2, 0) is 9.53 Å². The number of rotatable bonds is 8. The SMILES string of the molecule is CC(C)NCC(O)COc1cc(C2=NNC(=O)CC2)ccc1N1CCOCC1. The van der Waals surface area contributed by atoms with Crippen LogP contribution in [0.1, 0.15) is 32.3 Å². The maximum absolute atomic E-state index is 11.4. The van der Waals surface area contributed by atoms with Crippen LogP contribution in [0.5, 0.6) is 5.75 Å². The Labute approximate surface area is 165 Å². The highest BCUT2D eigenvalue weighted by molar-refractivity contribution is 6.04. The van der Waals surface area contributed by atoms with E-state index in [4.69, 9.17) is 9.47 Å². The Kier molecular flexibility index (Phi) is 7.24. The molecule has 1 amide bonds. The summed E-state index contributed by atoms with van der Waals surface area (Å²) in [5.74, 6) is 0.647. The molecule has 2 aliphatic heterocycles. The van der Waals surface area contributed by atoms with Crippen molar-refractivity contribution < 1.29 is 19.4 Å². The molecular formula is C20H30N4O4. The summed E-state index contributed by atoms with van der Waals surface area (Å²) in [5.41, 5.74) is 5.27. The molecule has 0 saturated carbocycles. The molecule has 3 rings (SSSR count). The standard InChI is InChI=1S/C20H30N4O4/c1-14(2)21-12-16(25)13-28-19-11-15(17-4-6-20(26)23-22-17)3-5-18(19)24-7-9-27-10-8-24/h3,5,11,14,16,21,25H,4,6-10,12-13H2,1-2H3,(H,23,26). The Balaban J connectivity index is 1.76. The zero-order valence-corrected chi connectivity index (χ0v) is 16.6. The van der Waals surface area contributed by atoms with E-state index in [9.17, 15) is 9.90 Å². The second-order valence-corrected chi connectivity index (χ2v) is 7.40. The topological polar surface area (TPSA) is 95.4 Å². The van der Waals surface area contributed by atoms with Gasteiger partial charge in [0.25, 0.3) is 0 Å². The number of aliphatic hydroxyl groups is 1. The smallest absolute Gasteiger partial charge is 0.240 e. The van der Waals surface area contributed by atoms with Crippen molar-refractivity contribution in [1.82, 2.24) is 10.7 Å². The minimum atomic E-state index is -0.602. The summed E-state index contributed by atoms with van der Waals surface area (Å²) in [7, 11) is 0. The zero-order chi connectivity index (χ0) is 19.9. The first-order valence-corrected chi connectivity index (χ1v) is 9.89. The van der Waals surface area contributed by atoms with E-state index in [0.717, 1.165) is 30.1 Å². The Hall–Kier alpha value is -2.16. The van der Waals surface area contributed by atoms with Crippen molar-refractivity contribution in [3.63, 3.8) is 0 Å². The quantitative estimate of drug-likeness (QED) is 0.610. The minimum Gasteiger partial charge on any atom is -0.489 e. The van der Waals surface area contributed by atoms with Gasteiger partial charge in [0.2, 0.25) is 5.91 Å². The van der Waals surface area contributed by atoms with Crippen LogP contribution in [0.3, 0.4) is 0 Å². The molecule has 3 N–H and O–H groups in total. The van der Waals surface area contributed by atoms with E-state index >= 15 is 0 Å². The van der Waals surface area contributed by atoms with E-state index in [1.165, 1.54) is 0 Å². The summed E-state index contributed by atoms with van der Waals surface area (Å²) in [6.07, 6.45) is 0.429. The van der Waals surface area contributed by atoms with E-state index < -0.39 is 6.10 Å². The van der Waals surface area contributed by atoms with Crippen molar-refractivity contribution in [1.29, 1.82) is 0 Å². The fourth-order valence-corrected chi connectivity index (χ4v) is 3.17. The fourth-order valence-electron chi connectivity index (χ4n) is 3.17. The highest BCUT2D eigenvalue weighted by Crippen LogP contribution is 2.31. The lowest BCUT2D eigenvalue weighted by atomic mass is 10.0. The molecule has 1 fully saturated rings. The summed E-state index contributed by atoms with van der Waals surface area (Å²) in [6.45, 7) is 7.71. The van der Waals surface area contributed by atoms with Gasteiger partial charge in [0.1, 0.15) is 18.5 Å². The first-order chi connectivity index (χ1) is 13.5. The summed E-state index contributed by atoms with van der Waals surface area (Å²) in [5, 5.41) is 17.6. The van der Waals surface area contributed by atoms with Crippen LogP contribution in [0.25, 0.3) is 0 Å². The fraction of sp³-hybridized carbons (Fsp3) is 0.600. The average molecular weight is 390 g/mol. The third-order valence-electron chi connectivity index (χ3n) is 4.74. The first kappa shape index (κ1) is 20.6. The molecule has 28 heavy (non-hydrogen) atoms. The van der Waals surface area contributed by atoms with Gasteiger partial charge in [-0.2, -0.15) is 5.10 Å². The largest absolute Gasteiger partial charge is 0.489 e. The van der Waals surface area contributed by atoms with Gasteiger partial charge in [-0.3, -0.25) is 4.79 Å². The predicted molar refractivity (Wildman–Crippen MR) is 108 cm³/mol. The van der Waals surface area contributed by atoms with E-state index in [0.29, 0.717) is 44.4 Å². The molecule has 0 radical (unpaired) electrons. The number of benzene rings is 1. The number of hydrazone groups is 1. The highest BCUT2D eigenvalue weighted by Gasteiger charge is 2.20. The third kappa shape index (κ3) is 5.67. The highest BCUT2D eigenvalue weighted by atomic mass is 16.5. The Morgan fingerprint density at radius 2 is 2.11 bits per heavy atom. The van der Waals surface area contributed by atoms with E-state index in [1.54, 1.807) is 0 Å². The predicted octanol–water partition coefficient (Wildman–Crippen LogP) is 0.875. The van der Waals surface area contributed by atoms with Crippen LogP contribution in [-0.4, -0.2) is 68.3 Å². The molecular weight excluding hydrogens is 360 g/mol. The number of amides is 1. The van der Waals surface area contributed by atoms with Crippen LogP contribution in [0, 0.1) is 0 Å². The minimum absolute atomic E-state index is 0.0639. The lowest BCUT2D eigenvalue weighted by Gasteiger charge is -2.31. The van der Waals surface area contributed by atoms with Gasteiger partial charge in [0, 0.05) is 44.1 Å². The molecule has 0 aliphatic carbocycles. The van der Waals surface area contributed by atoms with Crippen molar-refractivity contribution in [3.8, 4) is 5.75 Å². The number of carbonyl (C=O) groups excluding carboxylic acids is 1. The Morgan fingerprint density at radius 1 is 1.32 bits per heavy atom. The Morgan fingerprint density at radius 3 is 2.79 bits per heavy atom. The molecule has 8 heteroatoms. The number of aliphatic hydroxyl groups excluding tert-OH is 1. The average Bonchev–Trinajstić information content (AvgIpc) is 2.71. The van der Waals surface area contributed by atoms with Gasteiger partial charge in [0.15, 0.2) is 0 Å². The van der Waals surface area contributed by atoms with E-state index in [2.05, 4.69) is 20.7 Å². The molecule has 0 aromatic heterocycles. The molecule has 154 valence electrons. The monoisotopic (exact) mass is 390 g/mol. The molecule has 2 aliphatic rings. The van der Waals surface area contributed by atoms with Crippen LogP contribution in [0.15, 0.2) is 23.3 Å². The molecule has 1 unspecified atom stereocenters. The van der Waals surface area contributed by atoms with E-state index in [-0.39, 0.29) is 12.5 Å². The molecule has 1 aromatic carbocycles. The molecule has 1 atom stereocenters. The number of nitrogens with one attached hydrogen (secondary N) is 2. The summed E-state index contributed by atoms with van der Waals surface area (Å²) in [4.78, 5) is 13.6. The molecule has 8 nitrogen and oxygen atoms in total. The summed E-state index contributed by atoms with van der Waals surface area (Å²) < 4.78 is 11.5. The number of carbonyl (C=O) groups is 1. The lowest BCUT2D eigenvalue weighted by Crippen LogP contribution is -2.37. The lowest BCUT2D eigenvalue weighted by molar-refractivity contribution is -0.121. The van der Waals surface area contributed by atoms with Crippen LogP contribution < -0.4 is 20.4 Å². The molecule has 1 saturated heterocycles. The maximum atomic E-state index is 11.4. The number of anilines is 1. The number of nitrogens with zero attached hydrogens (tertiary/aromatic N) is 2. The van der Waals surface area contributed by atoms with E-state index in [1.807, 2.05) is 32.0 Å². The zero-order valence-electron chi connectivity index (χ0n) is 16.6. The number of hydrogen-bond acceptors (Lipinski definition) is 7. The molecule has 1 aromatic rings. The first-order valence-electron chi connectivity index (χ1n) is 9.89. The van der Waals surface area contributed by atoms with Gasteiger partial charge in [-0.05, 0) is 12.1 Å². The normalized spacial score (nSPS) is 18.6. The number of ether oxygens (including phenoxy) is 2. The summed E-state index contributed by atoms with van der Waals surface area (Å²) >= 11 is 0. The second kappa shape index (κ2) is 9.86. The molecule has 0 spiro atoms. The van der Waals surface area contributed by atoms with Crippen molar-refractivity contribution >= 4 is 17.3 Å². The van der Waals surface area contributed by atoms with Crippen molar-refractivity contribution in [2.75, 3.05) is 44.4 Å². The van der Waals surface area contributed by atoms with Crippen molar-refractivity contribution in [2.45, 2.75) is 38.8 Å². The van der Waals surface area contributed by atoms with Gasteiger partial charge in [-0.1, -0.05) is 19.9 Å². The van der Waals surface area contributed by atoms with Gasteiger partial charge in [0.05, 0.1) is 24.6 Å². The Bertz CT molecular complexity index is 701. The third-order valence-corrected chi connectivity index (χ3v) is 4.74. The number of hydrogen-bond donors (Lipinski definition) is 3. The van der Waals surface area contributed by atoms with Gasteiger partial charge >= 0.3 is 0 Å². The second-order valence-electron chi connectivity index (χ2n) is 7.40. The van der Waals surface area contributed by atoms with Crippen molar-refractivity contribution in [2.24, 2.45) is 5.10 Å². The van der Waals surface area contributed by atoms with Crippen LogP contribution in [0.4, 0.5) is 5.69 Å². The van der Waals surface area contributed by atoms with Gasteiger partial charge < -0.3 is 24.8 Å². The van der Waals surface area contributed by atoms with Crippen LogP contribution in [0.2, 0.25) is 0 Å². The number of morpholine rings is 1. The van der Waals surface area contributed by atoms with Crippen LogP contribution >= 0.6 is 0 Å². The van der Waals surface area contributed by atoms with Gasteiger partial charge in [-0.25, -0.2) is 5.43 Å². The van der Waals surface area contributed by atoms with Crippen molar-refractivity contribution in [3.05, 3.63) is 23.8 Å².